The molecule has 0 saturated heterocycles. The monoisotopic (exact) mass is 828 g/mol. The Morgan fingerprint density at radius 1 is 0.688 bits per heavy atom. The molecular formula is C61H52N2O. The zero-order valence-corrected chi connectivity index (χ0v) is 36.4. The van der Waals surface area contributed by atoms with Crippen molar-refractivity contribution in [3.05, 3.63) is 246 Å². The van der Waals surface area contributed by atoms with Gasteiger partial charge in [0.1, 0.15) is 0 Å². The van der Waals surface area contributed by atoms with Crippen LogP contribution in [0.25, 0.3) is 27.8 Å². The van der Waals surface area contributed by atoms with Crippen LogP contribution in [0.4, 0.5) is 22.7 Å². The van der Waals surface area contributed by atoms with E-state index in [0.717, 1.165) is 65.4 Å². The topological polar surface area (TPSA) is 26.7 Å². The largest absolute Gasteiger partial charge is 0.386 e. The van der Waals surface area contributed by atoms with Gasteiger partial charge < -0.3 is 14.9 Å². The fourth-order valence-electron chi connectivity index (χ4n) is 12.0. The Hall–Kier alpha value is -6.94. The number of aliphatic hydroxyl groups is 1. The normalized spacial score (nSPS) is 23.6. The summed E-state index contributed by atoms with van der Waals surface area (Å²) in [5.41, 5.74) is 20.5. The van der Waals surface area contributed by atoms with Gasteiger partial charge in [0.2, 0.25) is 0 Å². The molecule has 3 heteroatoms. The molecule has 3 nitrogen and oxygen atoms in total. The van der Waals surface area contributed by atoms with E-state index in [0.29, 0.717) is 18.3 Å². The molecule has 1 heterocycles. The molecule has 0 amide bonds. The first-order chi connectivity index (χ1) is 31.4. The number of anilines is 4. The van der Waals surface area contributed by atoms with Crippen LogP contribution < -0.4 is 9.80 Å². The number of hydrogen-bond acceptors (Lipinski definition) is 3. The first-order valence-corrected chi connectivity index (χ1v) is 23.1. The number of benzene rings is 6. The molecule has 312 valence electrons. The summed E-state index contributed by atoms with van der Waals surface area (Å²) in [7, 11) is 0. The van der Waals surface area contributed by atoms with Crippen molar-refractivity contribution in [1.82, 2.24) is 0 Å². The minimum absolute atomic E-state index is 0.106. The van der Waals surface area contributed by atoms with Crippen molar-refractivity contribution in [2.45, 2.75) is 62.4 Å². The molecule has 6 aromatic carbocycles. The summed E-state index contributed by atoms with van der Waals surface area (Å²) in [4.78, 5) is 4.58. The Balaban J connectivity index is 0.914. The fourth-order valence-corrected chi connectivity index (χ4v) is 12.0. The maximum atomic E-state index is 10.9. The maximum Gasteiger partial charge on any atom is 0.0838 e. The van der Waals surface area contributed by atoms with Crippen LogP contribution in [0.2, 0.25) is 0 Å². The molecule has 6 aromatic rings. The molecule has 5 aliphatic carbocycles. The summed E-state index contributed by atoms with van der Waals surface area (Å²) in [5, 5.41) is 10.9. The van der Waals surface area contributed by atoms with Crippen LogP contribution >= 0.6 is 0 Å². The van der Waals surface area contributed by atoms with Crippen LogP contribution in [-0.2, 0) is 11.8 Å². The van der Waals surface area contributed by atoms with Gasteiger partial charge in [0.15, 0.2) is 0 Å². The van der Waals surface area contributed by atoms with E-state index in [1.807, 2.05) is 13.0 Å². The van der Waals surface area contributed by atoms with E-state index in [9.17, 15) is 5.11 Å². The molecule has 1 aliphatic heterocycles. The maximum absolute atomic E-state index is 10.9. The highest BCUT2D eigenvalue weighted by Crippen LogP contribution is 2.66. The van der Waals surface area contributed by atoms with Gasteiger partial charge in [-0.25, -0.2) is 0 Å². The zero-order valence-electron chi connectivity index (χ0n) is 36.4. The van der Waals surface area contributed by atoms with Crippen molar-refractivity contribution in [2.24, 2.45) is 5.92 Å². The average Bonchev–Trinajstić information content (AvgIpc) is 3.73. The van der Waals surface area contributed by atoms with Gasteiger partial charge in [-0.1, -0.05) is 134 Å². The summed E-state index contributed by atoms with van der Waals surface area (Å²) in [5.74, 6) is 1.00. The van der Waals surface area contributed by atoms with Crippen molar-refractivity contribution in [1.29, 1.82) is 0 Å². The fraction of sp³-hybridized carbons (Fsp3) is 0.180. The second kappa shape index (κ2) is 15.1. The molecule has 1 N–H and O–H groups in total. The molecular weight excluding hydrogens is 777 g/mol. The van der Waals surface area contributed by atoms with E-state index in [-0.39, 0.29) is 5.41 Å². The number of fused-ring (bicyclic) bond motifs is 10. The van der Waals surface area contributed by atoms with E-state index < -0.39 is 5.60 Å². The number of nitrogens with zero attached hydrogens (tertiary/aromatic N) is 2. The van der Waals surface area contributed by atoms with Crippen molar-refractivity contribution in [3.63, 3.8) is 0 Å². The van der Waals surface area contributed by atoms with Crippen LogP contribution in [0.3, 0.4) is 0 Å². The van der Waals surface area contributed by atoms with E-state index in [2.05, 4.69) is 205 Å². The van der Waals surface area contributed by atoms with Gasteiger partial charge in [0.05, 0.1) is 5.60 Å². The second-order valence-corrected chi connectivity index (χ2v) is 18.7. The molecule has 0 aromatic heterocycles. The third-order valence-electron chi connectivity index (χ3n) is 14.8. The van der Waals surface area contributed by atoms with Gasteiger partial charge in [0, 0.05) is 45.5 Å². The highest BCUT2D eigenvalue weighted by molar-refractivity contribution is 5.92. The smallest absolute Gasteiger partial charge is 0.0838 e. The SMILES string of the molecule is C=C1C=CCc2cc(-c3ccc(N(C4=CCC(C)(O)C=C4)c4cccc(-c5ccc6c(c5)C5=C(CCC=C5)C65c6ccccc6C6CCC=CC65)c4)cc3)ccc2N1c1ccccc1. The van der Waals surface area contributed by atoms with E-state index in [1.165, 1.54) is 50.9 Å². The van der Waals surface area contributed by atoms with Crippen molar-refractivity contribution >= 4 is 28.3 Å². The predicted molar refractivity (Wildman–Crippen MR) is 266 cm³/mol. The zero-order chi connectivity index (χ0) is 43.0. The van der Waals surface area contributed by atoms with Gasteiger partial charge in [-0.2, -0.15) is 0 Å². The molecule has 64 heavy (non-hydrogen) atoms. The van der Waals surface area contributed by atoms with Crippen LogP contribution in [0.5, 0.6) is 0 Å². The number of hydrogen-bond donors (Lipinski definition) is 1. The Labute approximate surface area is 377 Å². The Bertz CT molecular complexity index is 3060. The lowest BCUT2D eigenvalue weighted by atomic mass is 9.63. The van der Waals surface area contributed by atoms with Crippen molar-refractivity contribution < 1.29 is 5.11 Å². The van der Waals surface area contributed by atoms with E-state index in [1.54, 1.807) is 11.1 Å². The third-order valence-corrected chi connectivity index (χ3v) is 14.8. The summed E-state index contributed by atoms with van der Waals surface area (Å²) in [6.45, 7) is 6.27. The van der Waals surface area contributed by atoms with E-state index >= 15 is 0 Å². The first kappa shape index (κ1) is 38.7. The molecule has 0 saturated carbocycles. The Morgan fingerprint density at radius 3 is 2.34 bits per heavy atom. The molecule has 6 aliphatic rings. The molecule has 0 bridgehead atoms. The summed E-state index contributed by atoms with van der Waals surface area (Å²) < 4.78 is 0. The van der Waals surface area contributed by atoms with Crippen molar-refractivity contribution in [3.8, 4) is 22.3 Å². The van der Waals surface area contributed by atoms with Gasteiger partial charge in [-0.05, 0) is 179 Å². The summed E-state index contributed by atoms with van der Waals surface area (Å²) in [6, 6.07) is 51.9. The number of para-hydroxylation sites is 1. The first-order valence-electron chi connectivity index (χ1n) is 23.1. The highest BCUT2D eigenvalue weighted by atomic mass is 16.3. The van der Waals surface area contributed by atoms with Gasteiger partial charge in [0.25, 0.3) is 0 Å². The van der Waals surface area contributed by atoms with Crippen molar-refractivity contribution in [2.75, 3.05) is 9.80 Å². The molecule has 4 atom stereocenters. The Kier molecular flexibility index (Phi) is 9.14. The van der Waals surface area contributed by atoms with Gasteiger partial charge in [-0.15, -0.1) is 0 Å². The standard InChI is InChI=1S/C61H52N2O/c1-41-14-12-16-46-38-44(29-33-59(46)62(41)47-17-4-3-5-18-47)42-26-30-48(31-27-42)63(49-34-36-60(2,64)37-35-49)50-19-13-15-43(39-50)45-28-32-58-54(40-45)53-22-8-11-25-57(53)61(58)55-23-9-6-20-51(55)52-21-7-10-24-56(52)61/h3-6,8-10,12-15,17-20,22-24,26-36,38-40,52,56,64H,1,7,11,16,21,25,37H2,2H3. The third kappa shape index (κ3) is 6.13. The van der Waals surface area contributed by atoms with Gasteiger partial charge >= 0.3 is 0 Å². The summed E-state index contributed by atoms with van der Waals surface area (Å²) >= 11 is 0. The average molecular weight is 829 g/mol. The molecule has 0 radical (unpaired) electrons. The van der Waals surface area contributed by atoms with Crippen LogP contribution in [-0.4, -0.2) is 10.7 Å². The number of allylic oxidation sites excluding steroid dienone is 9. The lowest BCUT2D eigenvalue weighted by Crippen LogP contribution is -2.34. The molecule has 1 spiro atoms. The van der Waals surface area contributed by atoms with Crippen LogP contribution in [0.15, 0.2) is 218 Å². The van der Waals surface area contributed by atoms with E-state index in [4.69, 9.17) is 0 Å². The summed E-state index contributed by atoms with van der Waals surface area (Å²) in [6.07, 6.45) is 26.3. The lowest BCUT2D eigenvalue weighted by molar-refractivity contribution is 0.113. The quantitative estimate of drug-likeness (QED) is 0.169. The van der Waals surface area contributed by atoms with Crippen LogP contribution in [0, 0.1) is 5.92 Å². The van der Waals surface area contributed by atoms with Crippen LogP contribution in [0.1, 0.15) is 72.8 Å². The minimum atomic E-state index is -0.875. The molecule has 0 fully saturated rings. The molecule has 12 rings (SSSR count). The lowest BCUT2D eigenvalue weighted by Gasteiger charge is -2.39. The molecule has 4 unspecified atom stereocenters. The highest BCUT2D eigenvalue weighted by Gasteiger charge is 2.58. The predicted octanol–water partition coefficient (Wildman–Crippen LogP) is 15.0. The van der Waals surface area contributed by atoms with Gasteiger partial charge in [-0.3, -0.25) is 0 Å². The second-order valence-electron chi connectivity index (χ2n) is 18.7. The Morgan fingerprint density at radius 2 is 1.48 bits per heavy atom. The number of rotatable bonds is 6. The minimum Gasteiger partial charge on any atom is -0.386 e.